The fraction of sp³-hybridized carbons (Fsp3) is 0.250. The average molecular weight is 377 g/mol. The molecule has 1 fully saturated rings. The number of sulfonamides is 1. The lowest BCUT2D eigenvalue weighted by Crippen LogP contribution is -2.14. The summed E-state index contributed by atoms with van der Waals surface area (Å²) in [6, 6.07) is 3.82. The topological polar surface area (TPSA) is 59.1 Å². The SMILES string of the molecule is O=S(=O)(Nc1nc(C2CC2)cs1)c1ccc(Br)cc1F. The van der Waals surface area contributed by atoms with Gasteiger partial charge in [-0.3, -0.25) is 4.72 Å². The Kier molecular flexibility index (Phi) is 3.55. The zero-order chi connectivity index (χ0) is 14.3. The average Bonchev–Trinajstić information content (AvgIpc) is 3.10. The van der Waals surface area contributed by atoms with Crippen LogP contribution < -0.4 is 4.72 Å². The quantitative estimate of drug-likeness (QED) is 0.884. The van der Waals surface area contributed by atoms with Crippen molar-refractivity contribution in [1.82, 2.24) is 4.98 Å². The number of benzene rings is 1. The molecular formula is C12H10BrFN2O2S2. The van der Waals surface area contributed by atoms with Crippen LogP contribution in [0.3, 0.4) is 0 Å². The molecule has 0 amide bonds. The van der Waals surface area contributed by atoms with Gasteiger partial charge in [0, 0.05) is 15.8 Å². The van der Waals surface area contributed by atoms with E-state index in [1.54, 1.807) is 0 Å². The van der Waals surface area contributed by atoms with Crippen LogP contribution in [-0.2, 0) is 10.0 Å². The van der Waals surface area contributed by atoms with Crippen molar-refractivity contribution in [3.63, 3.8) is 0 Å². The minimum atomic E-state index is -3.95. The van der Waals surface area contributed by atoms with E-state index in [9.17, 15) is 12.8 Å². The van der Waals surface area contributed by atoms with Gasteiger partial charge in [-0.2, -0.15) is 0 Å². The van der Waals surface area contributed by atoms with Crippen LogP contribution in [0.15, 0.2) is 32.9 Å². The van der Waals surface area contributed by atoms with Gasteiger partial charge in [-0.15, -0.1) is 11.3 Å². The van der Waals surface area contributed by atoms with Gasteiger partial charge in [-0.05, 0) is 31.0 Å². The van der Waals surface area contributed by atoms with Crippen LogP contribution >= 0.6 is 27.3 Å². The summed E-state index contributed by atoms with van der Waals surface area (Å²) in [5.41, 5.74) is 0.906. The van der Waals surface area contributed by atoms with Gasteiger partial charge < -0.3 is 0 Å². The van der Waals surface area contributed by atoms with Crippen molar-refractivity contribution < 1.29 is 12.8 Å². The number of nitrogens with zero attached hydrogens (tertiary/aromatic N) is 1. The number of hydrogen-bond donors (Lipinski definition) is 1. The molecule has 0 spiro atoms. The van der Waals surface area contributed by atoms with E-state index >= 15 is 0 Å². The Hall–Kier alpha value is -0.990. The molecule has 0 bridgehead atoms. The molecule has 1 aromatic heterocycles. The molecule has 8 heteroatoms. The fourth-order valence-corrected chi connectivity index (χ4v) is 4.20. The number of rotatable bonds is 4. The fourth-order valence-electron chi connectivity index (χ4n) is 1.76. The first-order chi connectivity index (χ1) is 9.45. The van der Waals surface area contributed by atoms with E-state index in [2.05, 4.69) is 25.6 Å². The molecule has 0 radical (unpaired) electrons. The van der Waals surface area contributed by atoms with Crippen LogP contribution in [0.1, 0.15) is 24.5 Å². The summed E-state index contributed by atoms with van der Waals surface area (Å²) in [5, 5.41) is 2.11. The summed E-state index contributed by atoms with van der Waals surface area (Å²) in [5.74, 6) is -0.347. The van der Waals surface area contributed by atoms with Gasteiger partial charge in [0.05, 0.1) is 5.69 Å². The molecule has 1 aromatic carbocycles. The molecule has 4 nitrogen and oxygen atoms in total. The zero-order valence-electron chi connectivity index (χ0n) is 10.1. The maximum atomic E-state index is 13.7. The standard InChI is InChI=1S/C12H10BrFN2O2S2/c13-8-3-4-11(9(14)5-8)20(17,18)16-12-15-10(6-19-12)7-1-2-7/h3-7H,1-2H2,(H,15,16). The van der Waals surface area contributed by atoms with Gasteiger partial charge in [0.1, 0.15) is 10.7 Å². The Labute approximate surface area is 128 Å². The summed E-state index contributed by atoms with van der Waals surface area (Å²) in [7, 11) is -3.95. The Balaban J connectivity index is 1.87. The predicted octanol–water partition coefficient (Wildman–Crippen LogP) is 3.72. The molecule has 0 saturated heterocycles. The summed E-state index contributed by atoms with van der Waals surface area (Å²) in [4.78, 5) is 3.84. The highest BCUT2D eigenvalue weighted by molar-refractivity contribution is 9.10. The summed E-state index contributed by atoms with van der Waals surface area (Å²) < 4.78 is 40.8. The molecule has 1 aliphatic rings. The molecular weight excluding hydrogens is 367 g/mol. The summed E-state index contributed by atoms with van der Waals surface area (Å²) in [6.07, 6.45) is 2.19. The van der Waals surface area contributed by atoms with Crippen LogP contribution in [0.2, 0.25) is 0 Å². The lowest BCUT2D eigenvalue weighted by Gasteiger charge is -2.06. The van der Waals surface area contributed by atoms with E-state index in [-0.39, 0.29) is 10.0 Å². The van der Waals surface area contributed by atoms with Crippen molar-refractivity contribution in [2.24, 2.45) is 0 Å². The molecule has 1 aliphatic carbocycles. The van der Waals surface area contributed by atoms with Gasteiger partial charge in [-0.1, -0.05) is 15.9 Å². The largest absolute Gasteiger partial charge is 0.266 e. The monoisotopic (exact) mass is 376 g/mol. The van der Waals surface area contributed by atoms with Crippen LogP contribution in [-0.4, -0.2) is 13.4 Å². The maximum absolute atomic E-state index is 13.7. The molecule has 1 N–H and O–H groups in total. The molecule has 0 atom stereocenters. The number of nitrogens with one attached hydrogen (secondary N) is 1. The molecule has 1 saturated carbocycles. The minimum Gasteiger partial charge on any atom is -0.255 e. The number of halogens is 2. The molecule has 106 valence electrons. The second-order valence-electron chi connectivity index (χ2n) is 4.53. The van der Waals surface area contributed by atoms with Crippen molar-refractivity contribution in [2.75, 3.05) is 4.72 Å². The van der Waals surface area contributed by atoms with Crippen molar-refractivity contribution in [3.05, 3.63) is 39.6 Å². The van der Waals surface area contributed by atoms with Gasteiger partial charge in [0.2, 0.25) is 0 Å². The molecule has 1 heterocycles. The Bertz CT molecular complexity index is 757. The van der Waals surface area contributed by atoms with Gasteiger partial charge in [0.15, 0.2) is 5.13 Å². The molecule has 3 rings (SSSR count). The van der Waals surface area contributed by atoms with Gasteiger partial charge in [-0.25, -0.2) is 17.8 Å². The normalized spacial score (nSPS) is 15.3. The minimum absolute atomic E-state index is 0.272. The predicted molar refractivity (Wildman–Crippen MR) is 79.0 cm³/mol. The van der Waals surface area contributed by atoms with E-state index in [1.807, 2.05) is 5.38 Å². The third kappa shape index (κ3) is 2.87. The van der Waals surface area contributed by atoms with E-state index in [0.717, 1.165) is 24.6 Å². The Morgan fingerprint density at radius 1 is 1.40 bits per heavy atom. The highest BCUT2D eigenvalue weighted by atomic mass is 79.9. The van der Waals surface area contributed by atoms with Crippen molar-refractivity contribution in [1.29, 1.82) is 0 Å². The maximum Gasteiger partial charge on any atom is 0.266 e. The summed E-state index contributed by atoms with van der Waals surface area (Å²) in [6.45, 7) is 0. The first-order valence-electron chi connectivity index (χ1n) is 5.89. The number of hydrogen-bond acceptors (Lipinski definition) is 4. The summed E-state index contributed by atoms with van der Waals surface area (Å²) >= 11 is 4.31. The van der Waals surface area contributed by atoms with Crippen LogP contribution in [0.5, 0.6) is 0 Å². The van der Waals surface area contributed by atoms with Crippen molar-refractivity contribution in [3.8, 4) is 0 Å². The van der Waals surface area contributed by atoms with Crippen LogP contribution in [0.4, 0.5) is 9.52 Å². The third-order valence-electron chi connectivity index (χ3n) is 2.92. The lowest BCUT2D eigenvalue weighted by molar-refractivity contribution is 0.570. The van der Waals surface area contributed by atoms with E-state index in [1.165, 1.54) is 23.5 Å². The van der Waals surface area contributed by atoms with Crippen molar-refractivity contribution in [2.45, 2.75) is 23.7 Å². The smallest absolute Gasteiger partial charge is 0.255 e. The number of aromatic nitrogens is 1. The zero-order valence-corrected chi connectivity index (χ0v) is 13.4. The second-order valence-corrected chi connectivity index (χ2v) is 7.96. The molecule has 2 aromatic rings. The van der Waals surface area contributed by atoms with Crippen LogP contribution in [0.25, 0.3) is 0 Å². The van der Waals surface area contributed by atoms with Crippen LogP contribution in [0, 0.1) is 5.82 Å². The van der Waals surface area contributed by atoms with E-state index < -0.39 is 15.8 Å². The molecule has 0 aliphatic heterocycles. The Morgan fingerprint density at radius 2 is 2.15 bits per heavy atom. The Morgan fingerprint density at radius 3 is 2.80 bits per heavy atom. The molecule has 0 unspecified atom stereocenters. The van der Waals surface area contributed by atoms with E-state index in [0.29, 0.717) is 10.4 Å². The second kappa shape index (κ2) is 5.09. The highest BCUT2D eigenvalue weighted by Gasteiger charge is 2.27. The number of thiazole rings is 1. The first-order valence-corrected chi connectivity index (χ1v) is 9.04. The number of anilines is 1. The van der Waals surface area contributed by atoms with Gasteiger partial charge in [0.25, 0.3) is 10.0 Å². The van der Waals surface area contributed by atoms with E-state index in [4.69, 9.17) is 0 Å². The highest BCUT2D eigenvalue weighted by Crippen LogP contribution is 2.41. The first kappa shape index (κ1) is 14.0. The van der Waals surface area contributed by atoms with Crippen molar-refractivity contribution >= 4 is 42.4 Å². The lowest BCUT2D eigenvalue weighted by atomic mass is 10.3. The molecule has 20 heavy (non-hydrogen) atoms. The van der Waals surface area contributed by atoms with Gasteiger partial charge >= 0.3 is 0 Å². The third-order valence-corrected chi connectivity index (χ3v) is 5.69.